The van der Waals surface area contributed by atoms with Crippen LogP contribution in [0.25, 0.3) is 0 Å². The van der Waals surface area contributed by atoms with Gasteiger partial charge in [0.25, 0.3) is 0 Å². The third kappa shape index (κ3) is 3.46. The molecular formula is C13H20N4. The summed E-state index contributed by atoms with van der Waals surface area (Å²) in [7, 11) is 2.05. The van der Waals surface area contributed by atoms with Crippen molar-refractivity contribution in [3.63, 3.8) is 0 Å². The first kappa shape index (κ1) is 11.9. The number of hydrogen-bond donors (Lipinski definition) is 2. The lowest BCUT2D eigenvalue weighted by molar-refractivity contribution is 0.648. The third-order valence-electron chi connectivity index (χ3n) is 2.96. The van der Waals surface area contributed by atoms with Crippen LogP contribution in [0.3, 0.4) is 0 Å². The van der Waals surface area contributed by atoms with Crippen molar-refractivity contribution in [1.29, 1.82) is 0 Å². The van der Waals surface area contributed by atoms with Crippen molar-refractivity contribution in [2.45, 2.75) is 26.3 Å². The quantitative estimate of drug-likeness (QED) is 0.746. The van der Waals surface area contributed by atoms with Gasteiger partial charge in [-0.25, -0.2) is 0 Å². The van der Waals surface area contributed by atoms with Gasteiger partial charge < -0.3 is 9.88 Å². The molecule has 0 aliphatic heterocycles. The number of H-pyrrole nitrogens is 1. The van der Waals surface area contributed by atoms with Gasteiger partial charge in [-0.3, -0.25) is 5.10 Å². The molecule has 92 valence electrons. The van der Waals surface area contributed by atoms with Crippen LogP contribution in [0.2, 0.25) is 0 Å². The van der Waals surface area contributed by atoms with E-state index >= 15 is 0 Å². The highest BCUT2D eigenvalue weighted by Crippen LogP contribution is 2.05. The second-order valence-electron chi connectivity index (χ2n) is 4.49. The molecule has 0 unspecified atom stereocenters. The van der Waals surface area contributed by atoms with E-state index in [9.17, 15) is 0 Å². The third-order valence-corrected chi connectivity index (χ3v) is 2.96. The van der Waals surface area contributed by atoms with Gasteiger partial charge in [-0.2, -0.15) is 5.10 Å². The normalized spacial score (nSPS) is 10.9. The minimum absolute atomic E-state index is 0.950. The van der Waals surface area contributed by atoms with E-state index in [1.54, 1.807) is 0 Å². The fraction of sp³-hybridized carbons (Fsp3) is 0.462. The fourth-order valence-electron chi connectivity index (χ4n) is 1.93. The Balaban J connectivity index is 1.62. The summed E-state index contributed by atoms with van der Waals surface area (Å²) < 4.78 is 2.08. The van der Waals surface area contributed by atoms with Gasteiger partial charge in [0.15, 0.2) is 0 Å². The fourth-order valence-corrected chi connectivity index (χ4v) is 1.93. The summed E-state index contributed by atoms with van der Waals surface area (Å²) in [5, 5.41) is 10.4. The Bertz CT molecular complexity index is 455. The Labute approximate surface area is 102 Å². The van der Waals surface area contributed by atoms with Crippen molar-refractivity contribution in [3.05, 3.63) is 41.5 Å². The second-order valence-corrected chi connectivity index (χ2v) is 4.49. The molecule has 0 amide bonds. The molecule has 2 heterocycles. The van der Waals surface area contributed by atoms with Crippen LogP contribution in [0, 0.1) is 6.92 Å². The zero-order valence-corrected chi connectivity index (χ0v) is 10.5. The molecule has 17 heavy (non-hydrogen) atoms. The molecule has 0 spiro atoms. The molecule has 0 aliphatic rings. The van der Waals surface area contributed by atoms with Gasteiger partial charge in [-0.05, 0) is 43.5 Å². The highest BCUT2D eigenvalue weighted by Gasteiger charge is 1.99. The number of aryl methyl sites for hydroxylation is 3. The summed E-state index contributed by atoms with van der Waals surface area (Å²) >= 11 is 0. The van der Waals surface area contributed by atoms with Crippen LogP contribution in [0.4, 0.5) is 0 Å². The molecule has 2 aromatic heterocycles. The number of rotatable bonds is 6. The average Bonchev–Trinajstić information content (AvgIpc) is 2.88. The van der Waals surface area contributed by atoms with Crippen molar-refractivity contribution in [2.24, 2.45) is 7.05 Å². The van der Waals surface area contributed by atoms with Crippen LogP contribution in [-0.4, -0.2) is 21.3 Å². The van der Waals surface area contributed by atoms with E-state index in [-0.39, 0.29) is 0 Å². The summed E-state index contributed by atoms with van der Waals surface area (Å²) in [5.74, 6) is 0. The number of nitrogens with one attached hydrogen (secondary N) is 2. The maximum Gasteiger partial charge on any atom is 0.0522 e. The topological polar surface area (TPSA) is 45.6 Å². The van der Waals surface area contributed by atoms with Crippen LogP contribution in [-0.2, 0) is 20.0 Å². The zero-order valence-electron chi connectivity index (χ0n) is 10.5. The van der Waals surface area contributed by atoms with Crippen LogP contribution < -0.4 is 5.32 Å². The first-order valence-electron chi connectivity index (χ1n) is 6.06. The Hall–Kier alpha value is -1.55. The summed E-state index contributed by atoms with van der Waals surface area (Å²) in [6.45, 7) is 4.06. The molecule has 2 aromatic rings. The number of nitrogens with zero attached hydrogens (tertiary/aromatic N) is 2. The van der Waals surface area contributed by atoms with Crippen LogP contribution in [0.5, 0.6) is 0 Å². The standard InChI is InChI=1S/C13H20N4/c1-11-13(9-15-16-11)4-3-6-14-8-12-5-7-17(2)10-12/h5,7,9-10,14H,3-4,6,8H2,1-2H3,(H,15,16). The first-order chi connectivity index (χ1) is 8.25. The van der Waals surface area contributed by atoms with Crippen molar-refractivity contribution in [3.8, 4) is 0 Å². The zero-order chi connectivity index (χ0) is 12.1. The lowest BCUT2D eigenvalue weighted by Crippen LogP contribution is -2.15. The SMILES string of the molecule is Cc1[nH]ncc1CCCNCc1ccn(C)c1. The van der Waals surface area contributed by atoms with E-state index in [1.165, 1.54) is 16.8 Å². The van der Waals surface area contributed by atoms with Gasteiger partial charge >= 0.3 is 0 Å². The molecule has 4 heteroatoms. The largest absolute Gasteiger partial charge is 0.357 e. The molecule has 0 bridgehead atoms. The van der Waals surface area contributed by atoms with Gasteiger partial charge in [0, 0.05) is 31.7 Å². The maximum absolute atomic E-state index is 4.02. The second kappa shape index (κ2) is 5.68. The molecule has 0 aliphatic carbocycles. The predicted molar refractivity (Wildman–Crippen MR) is 68.8 cm³/mol. The summed E-state index contributed by atoms with van der Waals surface area (Å²) in [6, 6.07) is 2.15. The molecule has 0 aromatic carbocycles. The molecule has 0 radical (unpaired) electrons. The Morgan fingerprint density at radius 2 is 2.35 bits per heavy atom. The molecule has 2 rings (SSSR count). The van der Waals surface area contributed by atoms with Crippen molar-refractivity contribution < 1.29 is 0 Å². The smallest absolute Gasteiger partial charge is 0.0522 e. The van der Waals surface area contributed by atoms with Crippen LogP contribution >= 0.6 is 0 Å². The molecular weight excluding hydrogens is 212 g/mol. The average molecular weight is 232 g/mol. The maximum atomic E-state index is 4.02. The lowest BCUT2D eigenvalue weighted by Gasteiger charge is -2.03. The number of aromatic amines is 1. The Morgan fingerprint density at radius 3 is 3.00 bits per heavy atom. The van der Waals surface area contributed by atoms with E-state index in [1.807, 2.05) is 13.2 Å². The summed E-state index contributed by atoms with van der Waals surface area (Å²) in [5.41, 5.74) is 3.85. The van der Waals surface area contributed by atoms with Crippen molar-refractivity contribution in [1.82, 2.24) is 20.1 Å². The lowest BCUT2D eigenvalue weighted by atomic mass is 10.1. The minimum Gasteiger partial charge on any atom is -0.357 e. The molecule has 2 N–H and O–H groups in total. The van der Waals surface area contributed by atoms with Gasteiger partial charge in [0.05, 0.1) is 6.20 Å². The van der Waals surface area contributed by atoms with Crippen molar-refractivity contribution >= 4 is 0 Å². The van der Waals surface area contributed by atoms with E-state index in [4.69, 9.17) is 0 Å². The Kier molecular flexibility index (Phi) is 3.98. The highest BCUT2D eigenvalue weighted by atomic mass is 15.1. The predicted octanol–water partition coefficient (Wildman–Crippen LogP) is 1.78. The molecule has 0 fully saturated rings. The molecule has 0 saturated carbocycles. The Morgan fingerprint density at radius 1 is 1.47 bits per heavy atom. The molecule has 0 atom stereocenters. The number of aromatic nitrogens is 3. The van der Waals surface area contributed by atoms with E-state index < -0.39 is 0 Å². The number of hydrogen-bond acceptors (Lipinski definition) is 2. The first-order valence-corrected chi connectivity index (χ1v) is 6.06. The van der Waals surface area contributed by atoms with Gasteiger partial charge in [-0.1, -0.05) is 0 Å². The minimum atomic E-state index is 0.950. The van der Waals surface area contributed by atoms with E-state index in [0.29, 0.717) is 0 Å². The van der Waals surface area contributed by atoms with E-state index in [2.05, 4.69) is 45.5 Å². The van der Waals surface area contributed by atoms with Crippen molar-refractivity contribution in [2.75, 3.05) is 6.54 Å². The van der Waals surface area contributed by atoms with Crippen LogP contribution in [0.1, 0.15) is 23.2 Å². The highest BCUT2D eigenvalue weighted by molar-refractivity contribution is 5.14. The monoisotopic (exact) mass is 232 g/mol. The van der Waals surface area contributed by atoms with Crippen LogP contribution in [0.15, 0.2) is 24.7 Å². The van der Waals surface area contributed by atoms with Gasteiger partial charge in [0.2, 0.25) is 0 Å². The molecule has 4 nitrogen and oxygen atoms in total. The van der Waals surface area contributed by atoms with E-state index in [0.717, 1.165) is 25.9 Å². The summed E-state index contributed by atoms with van der Waals surface area (Å²) in [6.07, 6.45) is 8.38. The van der Waals surface area contributed by atoms with Gasteiger partial charge in [0.1, 0.15) is 0 Å². The van der Waals surface area contributed by atoms with Gasteiger partial charge in [-0.15, -0.1) is 0 Å². The molecule has 0 saturated heterocycles. The summed E-state index contributed by atoms with van der Waals surface area (Å²) in [4.78, 5) is 0.